The molecule has 0 bridgehead atoms. The monoisotopic (exact) mass is 244 g/mol. The van der Waals surface area contributed by atoms with Gasteiger partial charge < -0.3 is 11.1 Å². The number of hydrogen-bond acceptors (Lipinski definition) is 4. The lowest BCUT2D eigenvalue weighted by Crippen LogP contribution is -2.28. The fraction of sp³-hybridized carbons (Fsp3) is 0.500. The molecule has 1 heterocycles. The Balaban J connectivity index is 2.26. The second-order valence-corrected chi connectivity index (χ2v) is 5.23. The average molecular weight is 244 g/mol. The first-order chi connectivity index (χ1) is 7.24. The van der Waals surface area contributed by atoms with Crippen LogP contribution in [0.3, 0.4) is 0 Å². The Morgan fingerprint density at radius 3 is 3.13 bits per heavy atom. The Morgan fingerprint density at radius 2 is 2.53 bits per heavy atom. The summed E-state index contributed by atoms with van der Waals surface area (Å²) in [5, 5.41) is 4.97. The molecular formula is C10H16N2OS2. The van der Waals surface area contributed by atoms with E-state index in [1.165, 1.54) is 4.88 Å². The summed E-state index contributed by atoms with van der Waals surface area (Å²) in [5.74, 6) is 1.41. The minimum Gasteiger partial charge on any atom is -0.348 e. The van der Waals surface area contributed by atoms with Crippen molar-refractivity contribution in [3.63, 3.8) is 0 Å². The lowest BCUT2D eigenvalue weighted by Gasteiger charge is -2.11. The molecule has 3 N–H and O–H groups in total. The van der Waals surface area contributed by atoms with Gasteiger partial charge in [-0.3, -0.25) is 4.79 Å². The molecule has 0 aliphatic heterocycles. The van der Waals surface area contributed by atoms with Gasteiger partial charge in [0.25, 0.3) is 0 Å². The molecule has 1 amide bonds. The minimum atomic E-state index is 0.0781. The maximum Gasteiger partial charge on any atom is 0.230 e. The van der Waals surface area contributed by atoms with Crippen LogP contribution in [0.5, 0.6) is 0 Å². The summed E-state index contributed by atoms with van der Waals surface area (Å²) in [6.45, 7) is 2.62. The fourth-order valence-electron chi connectivity index (χ4n) is 1.14. The summed E-state index contributed by atoms with van der Waals surface area (Å²) in [4.78, 5) is 12.6. The van der Waals surface area contributed by atoms with E-state index in [9.17, 15) is 4.79 Å². The van der Waals surface area contributed by atoms with Crippen molar-refractivity contribution in [3.8, 4) is 0 Å². The smallest absolute Gasteiger partial charge is 0.230 e. The minimum absolute atomic E-state index is 0.0781. The normalized spacial score (nSPS) is 12.4. The van der Waals surface area contributed by atoms with Gasteiger partial charge in [0, 0.05) is 17.2 Å². The van der Waals surface area contributed by atoms with Gasteiger partial charge in [-0.1, -0.05) is 6.07 Å². The molecule has 0 radical (unpaired) electrons. The third-order valence-corrected chi connectivity index (χ3v) is 3.89. The number of rotatable bonds is 6. The van der Waals surface area contributed by atoms with Crippen LogP contribution in [0.1, 0.15) is 17.8 Å². The van der Waals surface area contributed by atoms with Crippen molar-refractivity contribution in [1.29, 1.82) is 0 Å². The summed E-state index contributed by atoms with van der Waals surface area (Å²) in [6.07, 6.45) is 0. The second-order valence-electron chi connectivity index (χ2n) is 3.15. The van der Waals surface area contributed by atoms with Crippen LogP contribution in [0.4, 0.5) is 0 Å². The van der Waals surface area contributed by atoms with Crippen LogP contribution in [0.25, 0.3) is 0 Å². The van der Waals surface area contributed by atoms with Crippen LogP contribution in [0.15, 0.2) is 17.5 Å². The van der Waals surface area contributed by atoms with Crippen molar-refractivity contribution in [3.05, 3.63) is 22.4 Å². The van der Waals surface area contributed by atoms with Crippen molar-refractivity contribution in [2.75, 3.05) is 18.1 Å². The largest absolute Gasteiger partial charge is 0.348 e. The van der Waals surface area contributed by atoms with E-state index in [1.807, 2.05) is 24.4 Å². The first-order valence-electron chi connectivity index (χ1n) is 4.84. The van der Waals surface area contributed by atoms with E-state index in [1.54, 1.807) is 23.1 Å². The van der Waals surface area contributed by atoms with Gasteiger partial charge in [-0.2, -0.15) is 11.8 Å². The first-order valence-corrected chi connectivity index (χ1v) is 6.88. The number of nitrogens with one attached hydrogen (secondary N) is 1. The second kappa shape index (κ2) is 6.87. The molecule has 1 aromatic heterocycles. The molecular weight excluding hydrogens is 228 g/mol. The first kappa shape index (κ1) is 12.5. The Hall–Kier alpha value is -0.520. The summed E-state index contributed by atoms with van der Waals surface area (Å²) < 4.78 is 0. The van der Waals surface area contributed by atoms with Crippen molar-refractivity contribution >= 4 is 29.0 Å². The Labute approximate surface area is 98.4 Å². The molecule has 0 spiro atoms. The standard InChI is InChI=1S/C10H16N2OS2/c1-8(9-3-2-5-15-9)12-10(13)7-14-6-4-11/h2-3,5,8H,4,6-7,11H2,1H3,(H,12,13). The van der Waals surface area contributed by atoms with Gasteiger partial charge in [0.15, 0.2) is 0 Å². The Kier molecular flexibility index (Phi) is 5.75. The topological polar surface area (TPSA) is 55.1 Å². The molecule has 15 heavy (non-hydrogen) atoms. The molecule has 0 aliphatic rings. The number of nitrogens with two attached hydrogens (primary N) is 1. The van der Waals surface area contributed by atoms with Crippen LogP contribution in [-0.4, -0.2) is 24.0 Å². The third kappa shape index (κ3) is 4.68. The fourth-order valence-corrected chi connectivity index (χ4v) is 2.45. The molecule has 3 nitrogen and oxygen atoms in total. The summed E-state index contributed by atoms with van der Waals surface area (Å²) in [7, 11) is 0. The zero-order valence-corrected chi connectivity index (χ0v) is 10.4. The zero-order valence-electron chi connectivity index (χ0n) is 8.73. The van der Waals surface area contributed by atoms with E-state index >= 15 is 0 Å². The van der Waals surface area contributed by atoms with Crippen LogP contribution in [-0.2, 0) is 4.79 Å². The number of thiophene rings is 1. The van der Waals surface area contributed by atoms with Gasteiger partial charge in [0.05, 0.1) is 11.8 Å². The molecule has 5 heteroatoms. The van der Waals surface area contributed by atoms with E-state index < -0.39 is 0 Å². The van der Waals surface area contributed by atoms with E-state index in [0.29, 0.717) is 12.3 Å². The van der Waals surface area contributed by atoms with Gasteiger partial charge in [0.1, 0.15) is 0 Å². The molecule has 84 valence electrons. The van der Waals surface area contributed by atoms with E-state index in [4.69, 9.17) is 5.73 Å². The van der Waals surface area contributed by atoms with E-state index in [2.05, 4.69) is 5.32 Å². The highest BCUT2D eigenvalue weighted by atomic mass is 32.2. The quantitative estimate of drug-likeness (QED) is 0.748. The molecule has 0 aliphatic carbocycles. The van der Waals surface area contributed by atoms with Crippen molar-refractivity contribution < 1.29 is 4.79 Å². The summed E-state index contributed by atoms with van der Waals surface area (Å²) >= 11 is 3.23. The van der Waals surface area contributed by atoms with Crippen molar-refractivity contribution in [2.24, 2.45) is 5.73 Å². The number of carbonyl (C=O) groups excluding carboxylic acids is 1. The van der Waals surface area contributed by atoms with Gasteiger partial charge in [-0.15, -0.1) is 11.3 Å². The van der Waals surface area contributed by atoms with Crippen LogP contribution < -0.4 is 11.1 Å². The van der Waals surface area contributed by atoms with Crippen LogP contribution in [0, 0.1) is 0 Å². The maximum atomic E-state index is 11.5. The molecule has 0 saturated heterocycles. The maximum absolute atomic E-state index is 11.5. The molecule has 0 aromatic carbocycles. The predicted octanol–water partition coefficient (Wildman–Crippen LogP) is 1.62. The van der Waals surface area contributed by atoms with Crippen molar-refractivity contribution in [1.82, 2.24) is 5.32 Å². The number of carbonyl (C=O) groups is 1. The van der Waals surface area contributed by atoms with E-state index in [0.717, 1.165) is 5.75 Å². The number of thioether (sulfide) groups is 1. The lowest BCUT2D eigenvalue weighted by atomic mass is 10.3. The van der Waals surface area contributed by atoms with Gasteiger partial charge in [-0.25, -0.2) is 0 Å². The van der Waals surface area contributed by atoms with E-state index in [-0.39, 0.29) is 11.9 Å². The molecule has 1 atom stereocenters. The highest BCUT2D eigenvalue weighted by molar-refractivity contribution is 7.99. The SMILES string of the molecule is CC(NC(=O)CSCCN)c1cccs1. The lowest BCUT2D eigenvalue weighted by molar-refractivity contribution is -0.119. The summed E-state index contributed by atoms with van der Waals surface area (Å²) in [6, 6.07) is 4.13. The average Bonchev–Trinajstić information content (AvgIpc) is 2.70. The molecule has 0 fully saturated rings. The third-order valence-electron chi connectivity index (χ3n) is 1.84. The number of amides is 1. The zero-order chi connectivity index (χ0) is 11.1. The molecule has 0 saturated carbocycles. The van der Waals surface area contributed by atoms with Crippen LogP contribution in [0.2, 0.25) is 0 Å². The highest BCUT2D eigenvalue weighted by Crippen LogP contribution is 2.18. The molecule has 1 aromatic rings. The number of hydrogen-bond donors (Lipinski definition) is 2. The van der Waals surface area contributed by atoms with Crippen LogP contribution >= 0.6 is 23.1 Å². The van der Waals surface area contributed by atoms with Gasteiger partial charge >= 0.3 is 0 Å². The Bertz CT molecular complexity index is 288. The molecule has 1 rings (SSSR count). The van der Waals surface area contributed by atoms with Crippen molar-refractivity contribution in [2.45, 2.75) is 13.0 Å². The molecule has 1 unspecified atom stereocenters. The van der Waals surface area contributed by atoms with Gasteiger partial charge in [0.2, 0.25) is 5.91 Å². The Morgan fingerprint density at radius 1 is 1.73 bits per heavy atom. The summed E-state index contributed by atoms with van der Waals surface area (Å²) in [5.41, 5.74) is 5.34. The predicted molar refractivity (Wildman–Crippen MR) is 67.3 cm³/mol. The highest BCUT2D eigenvalue weighted by Gasteiger charge is 2.09. The van der Waals surface area contributed by atoms with Gasteiger partial charge in [-0.05, 0) is 18.4 Å².